The summed E-state index contributed by atoms with van der Waals surface area (Å²) in [6, 6.07) is 9.48. The molecule has 0 aliphatic carbocycles. The quantitative estimate of drug-likeness (QED) is 0.823. The molecule has 2 fully saturated rings. The molecule has 2 heteroatoms. The zero-order valence-corrected chi connectivity index (χ0v) is 12.0. The van der Waals surface area contributed by atoms with E-state index >= 15 is 0 Å². The molecule has 1 aromatic carbocycles. The van der Waals surface area contributed by atoms with Crippen LogP contribution in [-0.4, -0.2) is 31.1 Å². The van der Waals surface area contributed by atoms with Gasteiger partial charge in [0.05, 0.1) is 7.11 Å². The van der Waals surface area contributed by atoms with Gasteiger partial charge in [0, 0.05) is 12.6 Å². The van der Waals surface area contributed by atoms with Crippen LogP contribution in [0.5, 0.6) is 5.75 Å². The molecular formula is C17H25NO. The summed E-state index contributed by atoms with van der Waals surface area (Å²) < 4.78 is 5.32. The maximum absolute atomic E-state index is 5.32. The Morgan fingerprint density at radius 2 is 2.16 bits per heavy atom. The first-order valence-corrected chi connectivity index (χ1v) is 7.72. The number of ether oxygens (including phenoxy) is 1. The third-order valence-electron chi connectivity index (χ3n) is 4.81. The molecule has 3 rings (SSSR count). The van der Waals surface area contributed by atoms with E-state index in [1.54, 1.807) is 7.11 Å². The molecule has 0 radical (unpaired) electrons. The number of hydrogen-bond donors (Lipinski definition) is 0. The van der Waals surface area contributed by atoms with Crippen LogP contribution >= 0.6 is 0 Å². The molecule has 0 saturated carbocycles. The molecule has 2 unspecified atom stereocenters. The van der Waals surface area contributed by atoms with Gasteiger partial charge in [-0.3, -0.25) is 0 Å². The van der Waals surface area contributed by atoms with Crippen molar-refractivity contribution in [3.8, 4) is 5.75 Å². The van der Waals surface area contributed by atoms with E-state index in [2.05, 4.69) is 23.1 Å². The minimum atomic E-state index is 0.835. The fraction of sp³-hybridized carbons (Fsp3) is 0.647. The summed E-state index contributed by atoms with van der Waals surface area (Å²) in [5, 5.41) is 0. The van der Waals surface area contributed by atoms with Crippen LogP contribution in [0, 0.1) is 5.92 Å². The van der Waals surface area contributed by atoms with Crippen molar-refractivity contribution in [1.82, 2.24) is 4.90 Å². The lowest BCUT2D eigenvalue weighted by Crippen LogP contribution is -2.46. The first-order chi connectivity index (χ1) is 9.35. The maximum Gasteiger partial charge on any atom is 0.119 e. The van der Waals surface area contributed by atoms with E-state index in [4.69, 9.17) is 4.74 Å². The predicted octanol–water partition coefficient (Wildman–Crippen LogP) is 3.50. The Labute approximate surface area is 116 Å². The lowest BCUT2D eigenvalue weighted by Gasteiger charge is -2.42. The molecule has 104 valence electrons. The number of fused-ring (bicyclic) bond motifs is 1. The van der Waals surface area contributed by atoms with Crippen molar-refractivity contribution in [1.29, 1.82) is 0 Å². The number of benzene rings is 1. The van der Waals surface area contributed by atoms with Gasteiger partial charge in [-0.1, -0.05) is 18.6 Å². The second-order valence-corrected chi connectivity index (χ2v) is 6.14. The largest absolute Gasteiger partial charge is 0.497 e. The minimum Gasteiger partial charge on any atom is -0.497 e. The smallest absolute Gasteiger partial charge is 0.119 e. The van der Waals surface area contributed by atoms with Crippen LogP contribution < -0.4 is 4.74 Å². The van der Waals surface area contributed by atoms with Gasteiger partial charge in [-0.15, -0.1) is 0 Å². The van der Waals surface area contributed by atoms with Crippen LogP contribution in [0.3, 0.4) is 0 Å². The molecule has 0 aromatic heterocycles. The van der Waals surface area contributed by atoms with Crippen LogP contribution in [0.2, 0.25) is 0 Å². The molecule has 0 spiro atoms. The Balaban J connectivity index is 1.60. The van der Waals surface area contributed by atoms with Crippen LogP contribution in [-0.2, 0) is 6.42 Å². The van der Waals surface area contributed by atoms with Crippen LogP contribution in [0.4, 0.5) is 0 Å². The van der Waals surface area contributed by atoms with Gasteiger partial charge in [-0.25, -0.2) is 0 Å². The van der Waals surface area contributed by atoms with E-state index in [0.717, 1.165) is 17.7 Å². The molecule has 1 aromatic rings. The summed E-state index contributed by atoms with van der Waals surface area (Å²) >= 11 is 0. The van der Waals surface area contributed by atoms with E-state index in [1.807, 2.05) is 6.07 Å². The summed E-state index contributed by atoms with van der Waals surface area (Å²) in [6.07, 6.45) is 8.31. The monoisotopic (exact) mass is 259 g/mol. The highest BCUT2D eigenvalue weighted by molar-refractivity contribution is 5.28. The first kappa shape index (κ1) is 13.0. The van der Waals surface area contributed by atoms with Crippen molar-refractivity contribution in [3.63, 3.8) is 0 Å². The standard InChI is InChI=1S/C17H25NO/c1-19-17-7-4-5-14(12-17)11-15-8-9-16-6-2-3-10-18(16)13-15/h4-5,7,12,15-16H,2-3,6,8-11,13H2,1H3. The van der Waals surface area contributed by atoms with Gasteiger partial charge >= 0.3 is 0 Å². The second kappa shape index (κ2) is 5.96. The average Bonchev–Trinajstić information content (AvgIpc) is 2.47. The van der Waals surface area contributed by atoms with Crippen molar-refractivity contribution in [2.75, 3.05) is 20.2 Å². The fourth-order valence-corrected chi connectivity index (χ4v) is 3.78. The molecule has 2 heterocycles. The summed E-state index contributed by atoms with van der Waals surface area (Å²) in [4.78, 5) is 2.75. The fourth-order valence-electron chi connectivity index (χ4n) is 3.78. The molecule has 2 nitrogen and oxygen atoms in total. The molecule has 2 atom stereocenters. The van der Waals surface area contributed by atoms with Gasteiger partial charge in [0.2, 0.25) is 0 Å². The summed E-state index contributed by atoms with van der Waals surface area (Å²) in [7, 11) is 1.75. The van der Waals surface area contributed by atoms with Crippen molar-refractivity contribution in [2.45, 2.75) is 44.6 Å². The lowest BCUT2D eigenvalue weighted by molar-refractivity contribution is 0.0752. The average molecular weight is 259 g/mol. The number of piperidine rings is 2. The topological polar surface area (TPSA) is 12.5 Å². The first-order valence-electron chi connectivity index (χ1n) is 7.72. The zero-order valence-electron chi connectivity index (χ0n) is 12.0. The third kappa shape index (κ3) is 3.11. The van der Waals surface area contributed by atoms with Crippen LogP contribution in [0.25, 0.3) is 0 Å². The molecule has 0 amide bonds. The molecule has 19 heavy (non-hydrogen) atoms. The Bertz CT molecular complexity index is 417. The summed E-state index contributed by atoms with van der Waals surface area (Å²) in [5.41, 5.74) is 1.43. The SMILES string of the molecule is COc1cccc(CC2CCC3CCCCN3C2)c1. The van der Waals surface area contributed by atoms with E-state index in [-0.39, 0.29) is 0 Å². The summed E-state index contributed by atoms with van der Waals surface area (Å²) in [6.45, 7) is 2.64. The van der Waals surface area contributed by atoms with E-state index in [1.165, 1.54) is 57.2 Å². The summed E-state index contributed by atoms with van der Waals surface area (Å²) in [5.74, 6) is 1.82. The van der Waals surface area contributed by atoms with Crippen molar-refractivity contribution in [2.24, 2.45) is 5.92 Å². The highest BCUT2D eigenvalue weighted by Crippen LogP contribution is 2.30. The van der Waals surface area contributed by atoms with E-state index in [9.17, 15) is 0 Å². The maximum atomic E-state index is 5.32. The highest BCUT2D eigenvalue weighted by atomic mass is 16.5. The molecule has 2 aliphatic rings. The Morgan fingerprint density at radius 3 is 3.05 bits per heavy atom. The number of methoxy groups -OCH3 is 1. The molecule has 0 N–H and O–H groups in total. The van der Waals surface area contributed by atoms with Crippen molar-refractivity contribution in [3.05, 3.63) is 29.8 Å². The molecule has 2 saturated heterocycles. The molecule has 2 aliphatic heterocycles. The second-order valence-electron chi connectivity index (χ2n) is 6.14. The van der Waals surface area contributed by atoms with Crippen LogP contribution in [0.1, 0.15) is 37.7 Å². The number of rotatable bonds is 3. The lowest BCUT2D eigenvalue weighted by atomic mass is 9.84. The van der Waals surface area contributed by atoms with E-state index < -0.39 is 0 Å². The van der Waals surface area contributed by atoms with E-state index in [0.29, 0.717) is 0 Å². The van der Waals surface area contributed by atoms with Gasteiger partial charge in [-0.05, 0) is 62.3 Å². The normalized spacial score (nSPS) is 27.8. The molecular weight excluding hydrogens is 234 g/mol. The third-order valence-corrected chi connectivity index (χ3v) is 4.81. The Kier molecular flexibility index (Phi) is 4.07. The van der Waals surface area contributed by atoms with Gasteiger partial charge in [0.1, 0.15) is 5.75 Å². The minimum absolute atomic E-state index is 0.835. The van der Waals surface area contributed by atoms with Crippen LogP contribution in [0.15, 0.2) is 24.3 Å². The predicted molar refractivity (Wildman–Crippen MR) is 78.6 cm³/mol. The zero-order chi connectivity index (χ0) is 13.1. The molecule has 0 bridgehead atoms. The Morgan fingerprint density at radius 1 is 1.21 bits per heavy atom. The number of hydrogen-bond acceptors (Lipinski definition) is 2. The van der Waals surface area contributed by atoms with Gasteiger partial charge < -0.3 is 9.64 Å². The van der Waals surface area contributed by atoms with Gasteiger partial charge in [0.15, 0.2) is 0 Å². The van der Waals surface area contributed by atoms with Crippen molar-refractivity contribution < 1.29 is 4.74 Å². The van der Waals surface area contributed by atoms with Gasteiger partial charge in [-0.2, -0.15) is 0 Å². The number of nitrogens with zero attached hydrogens (tertiary/aromatic N) is 1. The van der Waals surface area contributed by atoms with Crippen molar-refractivity contribution >= 4 is 0 Å². The highest BCUT2D eigenvalue weighted by Gasteiger charge is 2.29. The van der Waals surface area contributed by atoms with Gasteiger partial charge in [0.25, 0.3) is 0 Å². The Hall–Kier alpha value is -1.02.